The number of rotatable bonds is 10. The molecule has 1 amide bonds. The summed E-state index contributed by atoms with van der Waals surface area (Å²) in [6, 6.07) is 9.78. The lowest BCUT2D eigenvalue weighted by atomic mass is 9.87. The zero-order valence-electron chi connectivity index (χ0n) is 20.0. The Morgan fingerprint density at radius 2 is 1.97 bits per heavy atom. The topological polar surface area (TPSA) is 102 Å². The van der Waals surface area contributed by atoms with Gasteiger partial charge in [-0.05, 0) is 53.8 Å². The van der Waals surface area contributed by atoms with Gasteiger partial charge in [-0.25, -0.2) is 4.98 Å². The summed E-state index contributed by atoms with van der Waals surface area (Å²) in [5.41, 5.74) is 3.08. The van der Waals surface area contributed by atoms with Crippen molar-refractivity contribution in [3.05, 3.63) is 53.7 Å². The number of ether oxygens (including phenoxy) is 2. The number of anilines is 1. The molecule has 34 heavy (non-hydrogen) atoms. The number of hydrogen-bond donors (Lipinski definition) is 2. The quantitative estimate of drug-likeness (QED) is 0.412. The first-order chi connectivity index (χ1) is 16.6. The fraction of sp³-hybridized carbons (Fsp3) is 0.462. The average molecular weight is 464 g/mol. The molecule has 1 aromatic carbocycles. The number of methoxy groups -OCH3 is 1. The maximum Gasteiger partial charge on any atom is 0.294 e. The predicted molar refractivity (Wildman–Crippen MR) is 131 cm³/mol. The molecule has 0 bridgehead atoms. The minimum Gasteiger partial charge on any atom is -0.493 e. The lowest BCUT2D eigenvalue weighted by molar-refractivity contribution is 0.101. The van der Waals surface area contributed by atoms with E-state index in [0.29, 0.717) is 24.9 Å². The molecule has 2 heterocycles. The molecule has 1 saturated carbocycles. The molecule has 0 spiro atoms. The second-order valence-corrected chi connectivity index (χ2v) is 8.88. The van der Waals surface area contributed by atoms with E-state index in [9.17, 15) is 4.79 Å². The van der Waals surface area contributed by atoms with Crippen LogP contribution in [0.3, 0.4) is 0 Å². The van der Waals surface area contributed by atoms with Crippen molar-refractivity contribution in [1.29, 1.82) is 0 Å². The zero-order valence-corrected chi connectivity index (χ0v) is 20.0. The monoisotopic (exact) mass is 463 g/mol. The lowest BCUT2D eigenvalue weighted by Gasteiger charge is -2.19. The van der Waals surface area contributed by atoms with Crippen LogP contribution >= 0.6 is 0 Å². The van der Waals surface area contributed by atoms with Crippen molar-refractivity contribution < 1.29 is 14.3 Å². The summed E-state index contributed by atoms with van der Waals surface area (Å²) in [4.78, 5) is 20.1. The Hall–Kier alpha value is -3.26. The van der Waals surface area contributed by atoms with Gasteiger partial charge in [0.05, 0.1) is 6.61 Å². The number of nitrogens with zero attached hydrogens (tertiary/aromatic N) is 3. The number of pyridine rings is 1. The van der Waals surface area contributed by atoms with Gasteiger partial charge in [-0.3, -0.25) is 4.79 Å². The zero-order chi connectivity index (χ0) is 23.8. The highest BCUT2D eigenvalue weighted by atomic mass is 16.5. The third-order valence-corrected chi connectivity index (χ3v) is 6.24. The first-order valence-electron chi connectivity index (χ1n) is 12.0. The molecule has 0 atom stereocenters. The highest BCUT2D eigenvalue weighted by molar-refractivity contribution is 6.01. The number of aromatic amines is 1. The van der Waals surface area contributed by atoms with Gasteiger partial charge >= 0.3 is 0 Å². The Balaban J connectivity index is 1.41. The molecule has 1 aliphatic carbocycles. The summed E-state index contributed by atoms with van der Waals surface area (Å²) >= 11 is 0. The summed E-state index contributed by atoms with van der Waals surface area (Å²) in [6.07, 6.45) is 9.66. The van der Waals surface area contributed by atoms with Gasteiger partial charge in [-0.15, -0.1) is 10.2 Å². The number of hydrogen-bond acceptors (Lipinski definition) is 6. The van der Waals surface area contributed by atoms with Crippen molar-refractivity contribution in [3.63, 3.8) is 0 Å². The van der Waals surface area contributed by atoms with E-state index in [1.165, 1.54) is 32.1 Å². The Kier molecular flexibility index (Phi) is 8.25. The molecule has 1 aliphatic rings. The van der Waals surface area contributed by atoms with Crippen LogP contribution in [0, 0.1) is 12.8 Å². The number of amides is 1. The van der Waals surface area contributed by atoms with Crippen LogP contribution in [-0.2, 0) is 11.2 Å². The van der Waals surface area contributed by atoms with Crippen molar-refractivity contribution >= 4 is 11.7 Å². The smallest absolute Gasteiger partial charge is 0.294 e. The molecule has 0 radical (unpaired) electrons. The number of benzene rings is 1. The number of nitrogens with one attached hydrogen (secondary N) is 2. The molecule has 180 valence electrons. The molecule has 8 heteroatoms. The van der Waals surface area contributed by atoms with Crippen molar-refractivity contribution in [2.45, 2.75) is 51.9 Å². The van der Waals surface area contributed by atoms with Crippen molar-refractivity contribution in [3.8, 4) is 16.9 Å². The summed E-state index contributed by atoms with van der Waals surface area (Å²) in [7, 11) is 1.68. The van der Waals surface area contributed by atoms with E-state index in [-0.39, 0.29) is 11.7 Å². The van der Waals surface area contributed by atoms with Crippen LogP contribution in [0.4, 0.5) is 5.82 Å². The fourth-order valence-electron chi connectivity index (χ4n) is 4.39. The van der Waals surface area contributed by atoms with Gasteiger partial charge in [0, 0.05) is 32.8 Å². The maximum absolute atomic E-state index is 12.7. The average Bonchev–Trinajstić information content (AvgIpc) is 3.32. The van der Waals surface area contributed by atoms with Gasteiger partial charge in [-0.1, -0.05) is 38.2 Å². The third kappa shape index (κ3) is 6.41. The minimum absolute atomic E-state index is 0.209. The number of carbonyl (C=O) groups is 1. The van der Waals surface area contributed by atoms with Crippen LogP contribution in [0.15, 0.2) is 36.5 Å². The second-order valence-electron chi connectivity index (χ2n) is 8.88. The highest BCUT2D eigenvalue weighted by Gasteiger charge is 2.18. The van der Waals surface area contributed by atoms with Gasteiger partial charge in [0.2, 0.25) is 5.82 Å². The molecule has 0 unspecified atom stereocenters. The first-order valence-corrected chi connectivity index (χ1v) is 12.0. The van der Waals surface area contributed by atoms with Crippen LogP contribution in [0.2, 0.25) is 0 Å². The van der Waals surface area contributed by atoms with Crippen molar-refractivity contribution in [2.24, 2.45) is 5.92 Å². The van der Waals surface area contributed by atoms with E-state index in [1.807, 2.05) is 37.3 Å². The first kappa shape index (κ1) is 23.9. The van der Waals surface area contributed by atoms with E-state index in [4.69, 9.17) is 9.47 Å². The van der Waals surface area contributed by atoms with Gasteiger partial charge in [-0.2, -0.15) is 0 Å². The van der Waals surface area contributed by atoms with E-state index in [1.54, 1.807) is 13.3 Å². The van der Waals surface area contributed by atoms with E-state index in [0.717, 1.165) is 41.1 Å². The molecular weight excluding hydrogens is 430 g/mol. The Morgan fingerprint density at radius 3 is 2.79 bits per heavy atom. The van der Waals surface area contributed by atoms with Crippen molar-refractivity contribution in [2.75, 3.05) is 25.6 Å². The molecule has 8 nitrogen and oxygen atoms in total. The van der Waals surface area contributed by atoms with Crippen LogP contribution in [0.5, 0.6) is 5.75 Å². The Morgan fingerprint density at radius 1 is 1.12 bits per heavy atom. The van der Waals surface area contributed by atoms with Gasteiger partial charge < -0.3 is 19.8 Å². The number of aromatic nitrogens is 4. The standard InChI is InChI=1S/C26H33N5O3/c1-18-9-10-21(34-14-6-13-33-2)17-22(18)20-11-12-27-23(16-20)29-26(32)25-28-24(30-31-25)15-19-7-4-3-5-8-19/h9-12,16-17,19H,3-8,13-15H2,1-2H3,(H,27,29,32)(H,28,30,31). The number of carbonyl (C=O) groups excluding carboxylic acids is 1. The van der Waals surface area contributed by atoms with Gasteiger partial charge in [0.15, 0.2) is 0 Å². The molecule has 2 aromatic heterocycles. The molecule has 1 fully saturated rings. The predicted octanol–water partition coefficient (Wildman–Crippen LogP) is 4.97. The maximum atomic E-state index is 12.7. The molecule has 4 rings (SSSR count). The Bertz CT molecular complexity index is 1090. The molecule has 0 saturated heterocycles. The molecular formula is C26H33N5O3. The molecule has 0 aliphatic heterocycles. The normalized spacial score (nSPS) is 14.2. The molecule has 3 aromatic rings. The lowest BCUT2D eigenvalue weighted by Crippen LogP contribution is -2.15. The van der Waals surface area contributed by atoms with Gasteiger partial charge in [0.1, 0.15) is 17.4 Å². The SMILES string of the molecule is COCCCOc1ccc(C)c(-c2ccnc(NC(=O)c3nnc(CC4CCCCC4)[nH]3)c2)c1. The largest absolute Gasteiger partial charge is 0.493 e. The summed E-state index contributed by atoms with van der Waals surface area (Å²) in [5.74, 6) is 2.51. The summed E-state index contributed by atoms with van der Waals surface area (Å²) < 4.78 is 10.9. The third-order valence-electron chi connectivity index (χ3n) is 6.24. The van der Waals surface area contributed by atoms with Crippen LogP contribution in [-0.4, -0.2) is 46.4 Å². The Labute approximate surface area is 200 Å². The van der Waals surface area contributed by atoms with E-state index >= 15 is 0 Å². The number of H-pyrrole nitrogens is 1. The number of aryl methyl sites for hydroxylation is 1. The highest BCUT2D eigenvalue weighted by Crippen LogP contribution is 2.29. The van der Waals surface area contributed by atoms with Gasteiger partial charge in [0.25, 0.3) is 5.91 Å². The van der Waals surface area contributed by atoms with E-state index < -0.39 is 0 Å². The van der Waals surface area contributed by atoms with Crippen molar-refractivity contribution in [1.82, 2.24) is 20.2 Å². The summed E-state index contributed by atoms with van der Waals surface area (Å²) in [6.45, 7) is 3.30. The molecule has 2 N–H and O–H groups in total. The van der Waals surface area contributed by atoms with Crippen LogP contribution in [0.1, 0.15) is 60.5 Å². The summed E-state index contributed by atoms with van der Waals surface area (Å²) in [5, 5.41) is 11.1. The fourth-order valence-corrected chi connectivity index (χ4v) is 4.39. The van der Waals surface area contributed by atoms with Crippen LogP contribution in [0.25, 0.3) is 11.1 Å². The van der Waals surface area contributed by atoms with E-state index in [2.05, 4.69) is 25.5 Å². The minimum atomic E-state index is -0.348. The second kappa shape index (κ2) is 11.7. The van der Waals surface area contributed by atoms with Crippen LogP contribution < -0.4 is 10.1 Å².